The molecular weight excluding hydrogens is 420 g/mol. The Hall–Kier alpha value is -2.73. The summed E-state index contributed by atoms with van der Waals surface area (Å²) in [4.78, 5) is 23.4. The van der Waals surface area contributed by atoms with Crippen LogP contribution in [0, 0.1) is 11.3 Å². The van der Waals surface area contributed by atoms with Gasteiger partial charge in [-0.3, -0.25) is 14.3 Å². The average Bonchev–Trinajstić information content (AvgIpc) is 3.46. The van der Waals surface area contributed by atoms with E-state index in [1.54, 1.807) is 10.6 Å². The molecule has 2 N–H and O–H groups in total. The summed E-state index contributed by atoms with van der Waals surface area (Å²) in [6.45, 7) is 4.89. The first-order chi connectivity index (χ1) is 15.6. The van der Waals surface area contributed by atoms with Gasteiger partial charge in [-0.15, -0.1) is 11.3 Å². The van der Waals surface area contributed by atoms with E-state index in [9.17, 15) is 10.1 Å². The zero-order valence-corrected chi connectivity index (χ0v) is 19.0. The van der Waals surface area contributed by atoms with Crippen molar-refractivity contribution in [3.05, 3.63) is 56.7 Å². The van der Waals surface area contributed by atoms with Gasteiger partial charge in [-0.1, -0.05) is 18.2 Å². The number of nitrogens with zero attached hydrogens (tertiary/aromatic N) is 5. The lowest BCUT2D eigenvalue weighted by Crippen LogP contribution is -2.45. The van der Waals surface area contributed by atoms with E-state index in [0.29, 0.717) is 29.3 Å². The second-order valence-electron chi connectivity index (χ2n) is 8.84. The Morgan fingerprint density at radius 3 is 2.72 bits per heavy atom. The largest absolute Gasteiger partial charge is 0.341 e. The number of thiophene rings is 1. The highest BCUT2D eigenvalue weighted by molar-refractivity contribution is 7.17. The van der Waals surface area contributed by atoms with Crippen LogP contribution < -0.4 is 16.2 Å². The van der Waals surface area contributed by atoms with E-state index < -0.39 is 0 Å². The molecule has 2 fully saturated rings. The van der Waals surface area contributed by atoms with E-state index in [-0.39, 0.29) is 11.6 Å². The van der Waals surface area contributed by atoms with Crippen molar-refractivity contribution in [3.8, 4) is 6.07 Å². The van der Waals surface area contributed by atoms with Crippen molar-refractivity contribution in [1.82, 2.24) is 14.5 Å². The predicted molar refractivity (Wildman–Crippen MR) is 128 cm³/mol. The number of nitriles is 1. The number of rotatable bonds is 5. The fraction of sp³-hybridized carbons (Fsp3) is 0.458. The first kappa shape index (κ1) is 21.1. The van der Waals surface area contributed by atoms with Crippen molar-refractivity contribution in [2.75, 3.05) is 31.1 Å². The first-order valence-electron chi connectivity index (χ1n) is 11.4. The van der Waals surface area contributed by atoms with Crippen molar-refractivity contribution in [1.29, 1.82) is 5.26 Å². The first-order valence-corrected chi connectivity index (χ1v) is 12.2. The molecule has 7 nitrogen and oxygen atoms in total. The normalized spacial score (nSPS) is 19.5. The van der Waals surface area contributed by atoms with Gasteiger partial charge in [-0.25, -0.2) is 4.98 Å². The molecular formula is C24H28N6OS. The molecule has 3 aromatic rings. The third kappa shape index (κ3) is 4.04. The number of hydrogen-bond acceptors (Lipinski definition) is 7. The highest BCUT2D eigenvalue weighted by Gasteiger charge is 2.25. The number of fused-ring (bicyclic) bond motifs is 1. The minimum Gasteiger partial charge on any atom is -0.341 e. The highest BCUT2D eigenvalue weighted by atomic mass is 32.1. The average molecular weight is 449 g/mol. The minimum atomic E-state index is -0.0328. The molecule has 0 spiro atoms. The van der Waals surface area contributed by atoms with Gasteiger partial charge in [0.1, 0.15) is 4.70 Å². The zero-order chi connectivity index (χ0) is 22.1. The Labute approximate surface area is 191 Å². The quantitative estimate of drug-likeness (QED) is 0.645. The van der Waals surface area contributed by atoms with E-state index in [4.69, 9.17) is 10.7 Å². The third-order valence-corrected chi connectivity index (χ3v) is 7.54. The summed E-state index contributed by atoms with van der Waals surface area (Å²) >= 11 is 1.48. The van der Waals surface area contributed by atoms with Crippen LogP contribution in [-0.2, 0) is 13.1 Å². The lowest BCUT2D eigenvalue weighted by molar-refractivity contribution is 0.333. The van der Waals surface area contributed by atoms with Gasteiger partial charge in [0.25, 0.3) is 5.56 Å². The second kappa shape index (κ2) is 9.02. The fourth-order valence-corrected chi connectivity index (χ4v) is 5.79. The molecule has 4 heterocycles. The number of nitrogens with two attached hydrogens (primary N) is 1. The molecule has 1 aromatic carbocycles. The Morgan fingerprint density at radius 1 is 1.12 bits per heavy atom. The van der Waals surface area contributed by atoms with E-state index in [1.807, 2.05) is 18.2 Å². The topological polar surface area (TPSA) is 91.2 Å². The Balaban J connectivity index is 1.62. The summed E-state index contributed by atoms with van der Waals surface area (Å²) in [6.07, 6.45) is 4.43. The molecule has 8 heteroatoms. The molecule has 5 rings (SSSR count). The van der Waals surface area contributed by atoms with Gasteiger partial charge in [0.2, 0.25) is 5.95 Å². The standard InChI is InChI=1S/C24H28N6OS/c25-12-17-6-1-2-7-18(17)14-30-23(31)22-21(19(16-32-22)13-28-9-3-4-10-28)27-24(30)29-11-5-8-20(26)15-29/h1-2,6-7,16,20H,3-5,8-11,13-15,26H2. The van der Waals surface area contributed by atoms with Crippen molar-refractivity contribution in [3.63, 3.8) is 0 Å². The molecule has 32 heavy (non-hydrogen) atoms. The van der Waals surface area contributed by atoms with Crippen molar-refractivity contribution >= 4 is 27.5 Å². The maximum absolute atomic E-state index is 13.7. The van der Waals surface area contributed by atoms with Crippen LogP contribution >= 0.6 is 11.3 Å². The molecule has 0 amide bonds. The summed E-state index contributed by atoms with van der Waals surface area (Å²) in [7, 11) is 0. The Bertz CT molecular complexity index is 1220. The number of piperidine rings is 1. The zero-order valence-electron chi connectivity index (χ0n) is 18.2. The van der Waals surface area contributed by atoms with E-state index in [2.05, 4.69) is 21.2 Å². The number of hydrogen-bond donors (Lipinski definition) is 1. The van der Waals surface area contributed by atoms with Gasteiger partial charge in [0, 0.05) is 31.2 Å². The van der Waals surface area contributed by atoms with Gasteiger partial charge < -0.3 is 10.6 Å². The van der Waals surface area contributed by atoms with Crippen LogP contribution in [0.2, 0.25) is 0 Å². The third-order valence-electron chi connectivity index (χ3n) is 6.53. The Morgan fingerprint density at radius 2 is 1.94 bits per heavy atom. The SMILES string of the molecule is N#Cc1ccccc1Cn1c(N2CCCC(N)C2)nc2c(CN3CCCC3)csc2c1=O. The summed E-state index contributed by atoms with van der Waals surface area (Å²) in [5.74, 6) is 0.673. The second-order valence-corrected chi connectivity index (χ2v) is 9.72. The fourth-order valence-electron chi connectivity index (χ4n) is 4.84. The van der Waals surface area contributed by atoms with Crippen LogP contribution in [0.3, 0.4) is 0 Å². The lowest BCUT2D eigenvalue weighted by Gasteiger charge is -2.33. The van der Waals surface area contributed by atoms with Gasteiger partial charge in [0.15, 0.2) is 0 Å². The van der Waals surface area contributed by atoms with Crippen LogP contribution in [-0.4, -0.2) is 46.7 Å². The van der Waals surface area contributed by atoms with Crippen LogP contribution in [0.5, 0.6) is 0 Å². The number of aromatic nitrogens is 2. The van der Waals surface area contributed by atoms with Crippen molar-refractivity contribution in [2.45, 2.75) is 44.8 Å². The molecule has 2 aliphatic heterocycles. The van der Waals surface area contributed by atoms with Gasteiger partial charge in [0.05, 0.1) is 23.7 Å². The molecule has 2 saturated heterocycles. The molecule has 0 aliphatic carbocycles. The smallest absolute Gasteiger partial charge is 0.273 e. The molecule has 0 saturated carbocycles. The van der Waals surface area contributed by atoms with Crippen LogP contribution in [0.15, 0.2) is 34.4 Å². The summed E-state index contributed by atoms with van der Waals surface area (Å²) in [5.41, 5.74) is 9.62. The van der Waals surface area contributed by atoms with E-state index in [0.717, 1.165) is 55.7 Å². The molecule has 2 aliphatic rings. The monoisotopic (exact) mass is 448 g/mol. The van der Waals surface area contributed by atoms with E-state index in [1.165, 1.54) is 24.2 Å². The molecule has 1 unspecified atom stereocenters. The molecule has 2 aromatic heterocycles. The highest BCUT2D eigenvalue weighted by Crippen LogP contribution is 2.28. The molecule has 166 valence electrons. The molecule has 0 bridgehead atoms. The summed E-state index contributed by atoms with van der Waals surface area (Å²) in [6, 6.07) is 9.78. The number of likely N-dealkylation sites (tertiary alicyclic amines) is 1. The maximum atomic E-state index is 13.7. The van der Waals surface area contributed by atoms with Crippen LogP contribution in [0.25, 0.3) is 10.2 Å². The predicted octanol–water partition coefficient (Wildman–Crippen LogP) is 2.90. The molecule has 1 atom stereocenters. The minimum absolute atomic E-state index is 0.0328. The lowest BCUT2D eigenvalue weighted by atomic mass is 10.1. The van der Waals surface area contributed by atoms with Gasteiger partial charge in [-0.2, -0.15) is 5.26 Å². The Kier molecular flexibility index (Phi) is 5.96. The van der Waals surface area contributed by atoms with E-state index >= 15 is 0 Å². The number of benzene rings is 1. The van der Waals surface area contributed by atoms with Gasteiger partial charge >= 0.3 is 0 Å². The summed E-state index contributed by atoms with van der Waals surface area (Å²) in [5, 5.41) is 11.6. The van der Waals surface area contributed by atoms with Crippen molar-refractivity contribution in [2.24, 2.45) is 5.73 Å². The van der Waals surface area contributed by atoms with Gasteiger partial charge in [-0.05, 0) is 55.8 Å². The molecule has 0 radical (unpaired) electrons. The van der Waals surface area contributed by atoms with Crippen LogP contribution in [0.1, 0.15) is 42.4 Å². The maximum Gasteiger partial charge on any atom is 0.273 e. The van der Waals surface area contributed by atoms with Crippen molar-refractivity contribution < 1.29 is 0 Å². The number of anilines is 1. The summed E-state index contributed by atoms with van der Waals surface area (Å²) < 4.78 is 2.44. The van der Waals surface area contributed by atoms with Crippen LogP contribution in [0.4, 0.5) is 5.95 Å².